The standard InChI is InChI=1S/C25H24N4OS.ClH/c30-25(27-17-18-6-11-26-12-7-18)20-8-13-29(14-9-20)23-16-22(19-4-2-1-3-5-19)28-21-10-15-31-24(21)23;/h1-7,10-12,15-16,20H,8-9,13-14,17H2,(H,27,30);1H. The number of thiophene rings is 1. The highest BCUT2D eigenvalue weighted by Gasteiger charge is 2.26. The summed E-state index contributed by atoms with van der Waals surface area (Å²) in [6.45, 7) is 2.30. The Morgan fingerprint density at radius 2 is 1.81 bits per heavy atom. The quantitative estimate of drug-likeness (QED) is 0.434. The number of amides is 1. The molecule has 0 unspecified atom stereocenters. The van der Waals surface area contributed by atoms with Crippen LogP contribution in [0.15, 0.2) is 72.4 Å². The third kappa shape index (κ3) is 4.76. The Bertz CT molecular complexity index is 1170. The first kappa shape index (κ1) is 22.2. The van der Waals surface area contributed by atoms with E-state index in [0.29, 0.717) is 6.54 Å². The van der Waals surface area contributed by atoms with E-state index in [0.717, 1.165) is 48.3 Å². The van der Waals surface area contributed by atoms with Crippen LogP contribution in [0.3, 0.4) is 0 Å². The number of anilines is 1. The van der Waals surface area contributed by atoms with Gasteiger partial charge in [-0.25, -0.2) is 4.98 Å². The number of hydrogen-bond donors (Lipinski definition) is 1. The molecule has 3 aromatic heterocycles. The molecule has 1 aliphatic rings. The third-order valence-corrected chi connectivity index (χ3v) is 6.81. The number of halogens is 1. The van der Waals surface area contributed by atoms with Crippen molar-refractivity contribution < 1.29 is 4.79 Å². The van der Waals surface area contributed by atoms with E-state index in [1.165, 1.54) is 10.4 Å². The molecule has 32 heavy (non-hydrogen) atoms. The summed E-state index contributed by atoms with van der Waals surface area (Å²) in [6.07, 6.45) is 5.23. The summed E-state index contributed by atoms with van der Waals surface area (Å²) < 4.78 is 1.22. The molecule has 7 heteroatoms. The lowest BCUT2D eigenvalue weighted by atomic mass is 9.95. The van der Waals surface area contributed by atoms with Gasteiger partial charge in [-0.05, 0) is 48.1 Å². The first-order valence-corrected chi connectivity index (χ1v) is 11.5. The average Bonchev–Trinajstić information content (AvgIpc) is 3.32. The van der Waals surface area contributed by atoms with Crippen LogP contribution in [0.4, 0.5) is 5.69 Å². The van der Waals surface area contributed by atoms with E-state index in [-0.39, 0.29) is 24.2 Å². The molecule has 1 saturated heterocycles. The maximum absolute atomic E-state index is 12.7. The molecule has 164 valence electrons. The monoisotopic (exact) mass is 464 g/mol. The van der Waals surface area contributed by atoms with Crippen molar-refractivity contribution in [3.63, 3.8) is 0 Å². The van der Waals surface area contributed by atoms with Crippen LogP contribution < -0.4 is 10.2 Å². The van der Waals surface area contributed by atoms with Gasteiger partial charge in [-0.15, -0.1) is 23.7 Å². The molecule has 0 saturated carbocycles. The van der Waals surface area contributed by atoms with Gasteiger partial charge in [-0.2, -0.15) is 0 Å². The summed E-state index contributed by atoms with van der Waals surface area (Å²) in [5.41, 5.74) is 5.47. The summed E-state index contributed by atoms with van der Waals surface area (Å²) in [6, 6.07) is 18.5. The van der Waals surface area contributed by atoms with Crippen molar-refractivity contribution in [3.05, 3.63) is 77.9 Å². The van der Waals surface area contributed by atoms with E-state index < -0.39 is 0 Å². The third-order valence-electron chi connectivity index (χ3n) is 5.88. The van der Waals surface area contributed by atoms with E-state index >= 15 is 0 Å². The van der Waals surface area contributed by atoms with Crippen LogP contribution in [0.5, 0.6) is 0 Å². The molecule has 1 aromatic carbocycles. The van der Waals surface area contributed by atoms with Gasteiger partial charge >= 0.3 is 0 Å². The van der Waals surface area contributed by atoms with Gasteiger partial charge in [0.15, 0.2) is 0 Å². The number of nitrogens with one attached hydrogen (secondary N) is 1. The largest absolute Gasteiger partial charge is 0.370 e. The summed E-state index contributed by atoms with van der Waals surface area (Å²) in [5.74, 6) is 0.213. The van der Waals surface area contributed by atoms with Gasteiger partial charge in [0.05, 0.1) is 21.6 Å². The van der Waals surface area contributed by atoms with Crippen LogP contribution in [0, 0.1) is 5.92 Å². The zero-order valence-corrected chi connectivity index (χ0v) is 19.2. The van der Waals surface area contributed by atoms with Crippen LogP contribution in [0.1, 0.15) is 18.4 Å². The Balaban J connectivity index is 0.00000245. The number of benzene rings is 1. The molecule has 0 radical (unpaired) electrons. The minimum absolute atomic E-state index is 0. The van der Waals surface area contributed by atoms with Gasteiger partial charge in [0.25, 0.3) is 0 Å². The Morgan fingerprint density at radius 3 is 2.56 bits per heavy atom. The molecule has 0 bridgehead atoms. The Kier molecular flexibility index (Phi) is 7.02. The molecule has 0 aliphatic carbocycles. The number of fused-ring (bicyclic) bond motifs is 1. The number of rotatable bonds is 5. The number of aromatic nitrogens is 2. The second-order valence-electron chi connectivity index (χ2n) is 7.86. The molecule has 1 aliphatic heterocycles. The predicted molar refractivity (Wildman–Crippen MR) is 133 cm³/mol. The van der Waals surface area contributed by atoms with Gasteiger partial charge in [0.2, 0.25) is 5.91 Å². The Hall–Kier alpha value is -2.96. The molecule has 4 aromatic rings. The molecule has 1 amide bonds. The summed E-state index contributed by atoms with van der Waals surface area (Å²) in [5, 5.41) is 5.19. The lowest BCUT2D eigenvalue weighted by Gasteiger charge is -2.33. The zero-order chi connectivity index (χ0) is 21.0. The molecule has 1 fully saturated rings. The maximum Gasteiger partial charge on any atom is 0.223 e. The van der Waals surface area contributed by atoms with Crippen LogP contribution in [0.2, 0.25) is 0 Å². The van der Waals surface area contributed by atoms with Crippen molar-refractivity contribution in [2.24, 2.45) is 5.92 Å². The molecule has 0 atom stereocenters. The van der Waals surface area contributed by atoms with Crippen LogP contribution in [0.25, 0.3) is 21.5 Å². The average molecular weight is 465 g/mol. The summed E-state index contributed by atoms with van der Waals surface area (Å²) in [4.78, 5) is 24.0. The van der Waals surface area contributed by atoms with E-state index in [2.05, 4.69) is 44.8 Å². The predicted octanol–water partition coefficient (Wildman–Crippen LogP) is 5.31. The van der Waals surface area contributed by atoms with Crippen LogP contribution in [-0.4, -0.2) is 29.0 Å². The van der Waals surface area contributed by atoms with Crippen molar-refractivity contribution in [2.45, 2.75) is 19.4 Å². The fourth-order valence-corrected chi connectivity index (χ4v) is 5.02. The maximum atomic E-state index is 12.7. The smallest absolute Gasteiger partial charge is 0.223 e. The van der Waals surface area contributed by atoms with E-state index in [9.17, 15) is 4.79 Å². The molecular weight excluding hydrogens is 440 g/mol. The Labute approximate surface area is 197 Å². The zero-order valence-electron chi connectivity index (χ0n) is 17.6. The van der Waals surface area contributed by atoms with Gasteiger partial charge in [-0.1, -0.05) is 30.3 Å². The lowest BCUT2D eigenvalue weighted by molar-refractivity contribution is -0.125. The molecule has 5 rings (SSSR count). The molecule has 5 nitrogen and oxygen atoms in total. The number of pyridine rings is 2. The van der Waals surface area contributed by atoms with E-state index in [1.807, 2.05) is 30.3 Å². The number of carbonyl (C=O) groups is 1. The first-order valence-electron chi connectivity index (χ1n) is 10.6. The second kappa shape index (κ2) is 10.1. The molecular formula is C25H25ClN4OS. The topological polar surface area (TPSA) is 58.1 Å². The van der Waals surface area contributed by atoms with E-state index in [4.69, 9.17) is 4.98 Å². The number of hydrogen-bond acceptors (Lipinski definition) is 5. The van der Waals surface area contributed by atoms with Gasteiger partial charge < -0.3 is 10.2 Å². The summed E-state index contributed by atoms with van der Waals surface area (Å²) in [7, 11) is 0. The fourth-order valence-electron chi connectivity index (χ4n) is 4.15. The van der Waals surface area contributed by atoms with Crippen molar-refractivity contribution >= 4 is 45.6 Å². The van der Waals surface area contributed by atoms with Crippen molar-refractivity contribution in [3.8, 4) is 11.3 Å². The number of carbonyl (C=O) groups excluding carboxylic acids is 1. The SMILES string of the molecule is Cl.O=C(NCc1ccncc1)C1CCN(c2cc(-c3ccccc3)nc3ccsc23)CC1. The molecule has 4 heterocycles. The fraction of sp³-hybridized carbons (Fsp3) is 0.240. The summed E-state index contributed by atoms with van der Waals surface area (Å²) >= 11 is 1.74. The van der Waals surface area contributed by atoms with Crippen molar-refractivity contribution in [1.82, 2.24) is 15.3 Å². The minimum atomic E-state index is 0. The second-order valence-corrected chi connectivity index (χ2v) is 8.78. The van der Waals surface area contributed by atoms with E-state index in [1.54, 1.807) is 23.7 Å². The first-order chi connectivity index (χ1) is 15.3. The number of piperidine rings is 1. The van der Waals surface area contributed by atoms with Gasteiger partial charge in [0, 0.05) is 43.5 Å². The highest BCUT2D eigenvalue weighted by atomic mass is 35.5. The highest BCUT2D eigenvalue weighted by Crippen LogP contribution is 2.36. The van der Waals surface area contributed by atoms with Crippen molar-refractivity contribution in [2.75, 3.05) is 18.0 Å². The molecule has 0 spiro atoms. The molecule has 1 N–H and O–H groups in total. The van der Waals surface area contributed by atoms with Crippen molar-refractivity contribution in [1.29, 1.82) is 0 Å². The Morgan fingerprint density at radius 1 is 1.06 bits per heavy atom. The van der Waals surface area contributed by atoms with Gasteiger partial charge in [0.1, 0.15) is 0 Å². The van der Waals surface area contributed by atoms with Crippen LogP contribution in [-0.2, 0) is 11.3 Å². The normalized spacial score (nSPS) is 14.2. The number of nitrogens with zero attached hydrogens (tertiary/aromatic N) is 3. The lowest BCUT2D eigenvalue weighted by Crippen LogP contribution is -2.40. The highest BCUT2D eigenvalue weighted by molar-refractivity contribution is 7.17. The minimum Gasteiger partial charge on any atom is -0.370 e. The van der Waals surface area contributed by atoms with Gasteiger partial charge in [-0.3, -0.25) is 9.78 Å². The van der Waals surface area contributed by atoms with Crippen LogP contribution >= 0.6 is 23.7 Å².